The van der Waals surface area contributed by atoms with Gasteiger partial charge in [-0.15, -0.1) is 0 Å². The molecule has 2 aromatic carbocycles. The second-order valence-electron chi connectivity index (χ2n) is 11.1. The highest BCUT2D eigenvalue weighted by atomic mass is 19.1. The number of likely N-dealkylation sites (tertiary alicyclic amines) is 2. The summed E-state index contributed by atoms with van der Waals surface area (Å²) in [6.07, 6.45) is 5.22. The van der Waals surface area contributed by atoms with Crippen molar-refractivity contribution in [3.63, 3.8) is 0 Å². The molecule has 1 aliphatic carbocycles. The lowest BCUT2D eigenvalue weighted by Gasteiger charge is -2.26. The van der Waals surface area contributed by atoms with Gasteiger partial charge in [-0.3, -0.25) is 9.59 Å². The third-order valence-electron chi connectivity index (χ3n) is 8.54. The van der Waals surface area contributed by atoms with Crippen LogP contribution >= 0.6 is 0 Å². The highest BCUT2D eigenvalue weighted by Gasteiger charge is 2.42. The van der Waals surface area contributed by atoms with E-state index in [0.717, 1.165) is 64.8 Å². The van der Waals surface area contributed by atoms with E-state index in [1.807, 2.05) is 36.9 Å². The predicted molar refractivity (Wildman–Crippen MR) is 139 cm³/mol. The number of benzene rings is 2. The van der Waals surface area contributed by atoms with Crippen molar-refractivity contribution in [1.29, 1.82) is 0 Å². The highest BCUT2D eigenvalue weighted by Crippen LogP contribution is 2.34. The minimum absolute atomic E-state index is 0.0299. The fourth-order valence-corrected chi connectivity index (χ4v) is 6.64. The molecule has 5 rings (SSSR count). The molecule has 2 heterocycles. The summed E-state index contributed by atoms with van der Waals surface area (Å²) in [5.41, 5.74) is 3.24. The van der Waals surface area contributed by atoms with Gasteiger partial charge in [-0.25, -0.2) is 4.39 Å². The Bertz CT molecular complexity index is 1060. The Labute approximate surface area is 214 Å². The van der Waals surface area contributed by atoms with E-state index in [1.165, 1.54) is 17.7 Å². The van der Waals surface area contributed by atoms with E-state index in [1.54, 1.807) is 0 Å². The van der Waals surface area contributed by atoms with Gasteiger partial charge in [-0.05, 0) is 73.8 Å². The Morgan fingerprint density at radius 3 is 2.19 bits per heavy atom. The van der Waals surface area contributed by atoms with Gasteiger partial charge < -0.3 is 15.1 Å². The number of carbonyl (C=O) groups excluding carboxylic acids is 2. The molecule has 2 saturated heterocycles. The van der Waals surface area contributed by atoms with Crippen molar-refractivity contribution in [2.45, 2.75) is 52.0 Å². The fraction of sp³-hybridized carbons (Fsp3) is 0.533. The van der Waals surface area contributed by atoms with Gasteiger partial charge in [0.05, 0.1) is 6.04 Å². The van der Waals surface area contributed by atoms with Crippen LogP contribution in [0, 0.1) is 37.4 Å². The minimum Gasteiger partial charge on any atom is -0.349 e. The van der Waals surface area contributed by atoms with Crippen molar-refractivity contribution >= 4 is 11.8 Å². The molecule has 1 N–H and O–H groups in total. The van der Waals surface area contributed by atoms with Crippen LogP contribution in [0.1, 0.15) is 65.2 Å². The molecule has 2 unspecified atom stereocenters. The average Bonchev–Trinajstić information content (AvgIpc) is 3.58. The van der Waals surface area contributed by atoms with Crippen LogP contribution < -0.4 is 5.32 Å². The summed E-state index contributed by atoms with van der Waals surface area (Å²) in [4.78, 5) is 30.6. The molecule has 36 heavy (non-hydrogen) atoms. The SMILES string of the molecule is Cc1cc(F)cc(C)c1C(=O)N1CC2CN(CC[C@H](NC(=O)C3CCCC3)c3ccccc3)CC2C1. The number of hydrogen-bond donors (Lipinski definition) is 1. The fourth-order valence-electron chi connectivity index (χ4n) is 6.64. The Hall–Kier alpha value is -2.73. The number of nitrogens with one attached hydrogen (secondary N) is 1. The normalized spacial score (nSPS) is 23.1. The molecule has 5 nitrogen and oxygen atoms in total. The molecule has 192 valence electrons. The van der Waals surface area contributed by atoms with E-state index >= 15 is 0 Å². The minimum atomic E-state index is -0.288. The summed E-state index contributed by atoms with van der Waals surface area (Å²) in [5, 5.41) is 3.36. The summed E-state index contributed by atoms with van der Waals surface area (Å²) in [6.45, 7) is 8.05. The van der Waals surface area contributed by atoms with Crippen LogP contribution in [0.2, 0.25) is 0 Å². The van der Waals surface area contributed by atoms with Gasteiger partial charge >= 0.3 is 0 Å². The Morgan fingerprint density at radius 1 is 0.972 bits per heavy atom. The first kappa shape index (κ1) is 24.9. The van der Waals surface area contributed by atoms with Gasteiger partial charge in [0, 0.05) is 44.2 Å². The van der Waals surface area contributed by atoms with Gasteiger partial charge in [0.25, 0.3) is 5.91 Å². The van der Waals surface area contributed by atoms with E-state index in [2.05, 4.69) is 22.3 Å². The van der Waals surface area contributed by atoms with Crippen molar-refractivity contribution < 1.29 is 14.0 Å². The van der Waals surface area contributed by atoms with Crippen LogP contribution in [-0.2, 0) is 4.79 Å². The first-order valence-electron chi connectivity index (χ1n) is 13.5. The van der Waals surface area contributed by atoms with E-state index in [4.69, 9.17) is 0 Å². The Morgan fingerprint density at radius 2 is 1.58 bits per heavy atom. The molecule has 0 spiro atoms. The standard InChI is InChI=1S/C30H38FN3O2/c1-20-14-26(31)15-21(2)28(20)30(36)34-18-24-16-33(17-25(24)19-34)13-12-27(22-8-4-3-5-9-22)32-29(35)23-10-6-7-11-23/h3-5,8-9,14-15,23-25,27H,6-7,10-13,16-19H2,1-2H3,(H,32,35)/t24?,25?,27-/m0/s1. The number of amides is 2. The first-order chi connectivity index (χ1) is 17.4. The maximum atomic E-state index is 13.7. The lowest BCUT2D eigenvalue weighted by molar-refractivity contribution is -0.125. The van der Waals surface area contributed by atoms with Crippen LogP contribution in [0.15, 0.2) is 42.5 Å². The number of halogens is 1. The zero-order valence-corrected chi connectivity index (χ0v) is 21.5. The monoisotopic (exact) mass is 491 g/mol. The summed E-state index contributed by atoms with van der Waals surface area (Å²) in [7, 11) is 0. The van der Waals surface area contributed by atoms with E-state index in [-0.39, 0.29) is 29.6 Å². The maximum Gasteiger partial charge on any atom is 0.254 e. The molecule has 6 heteroatoms. The smallest absolute Gasteiger partial charge is 0.254 e. The number of aryl methyl sites for hydroxylation is 2. The van der Waals surface area contributed by atoms with Crippen LogP contribution in [0.4, 0.5) is 4.39 Å². The number of hydrogen-bond acceptors (Lipinski definition) is 3. The average molecular weight is 492 g/mol. The molecular formula is C30H38FN3O2. The molecule has 0 bridgehead atoms. The molecular weight excluding hydrogens is 453 g/mol. The van der Waals surface area contributed by atoms with Crippen molar-refractivity contribution in [3.05, 3.63) is 70.5 Å². The topological polar surface area (TPSA) is 52.7 Å². The largest absolute Gasteiger partial charge is 0.349 e. The van der Waals surface area contributed by atoms with Crippen molar-refractivity contribution in [1.82, 2.24) is 15.1 Å². The van der Waals surface area contributed by atoms with Gasteiger partial charge in [-0.1, -0.05) is 43.2 Å². The summed E-state index contributed by atoms with van der Waals surface area (Å²) < 4.78 is 13.7. The molecule has 1 saturated carbocycles. The van der Waals surface area contributed by atoms with Crippen LogP contribution in [0.5, 0.6) is 0 Å². The third-order valence-corrected chi connectivity index (χ3v) is 8.54. The predicted octanol–water partition coefficient (Wildman–Crippen LogP) is 4.88. The van der Waals surface area contributed by atoms with E-state index in [9.17, 15) is 14.0 Å². The molecule has 2 aromatic rings. The zero-order valence-electron chi connectivity index (χ0n) is 21.5. The maximum absolute atomic E-state index is 13.7. The van der Waals surface area contributed by atoms with Crippen molar-refractivity contribution in [2.75, 3.05) is 32.7 Å². The van der Waals surface area contributed by atoms with Crippen LogP contribution in [0.25, 0.3) is 0 Å². The van der Waals surface area contributed by atoms with Crippen molar-refractivity contribution in [3.8, 4) is 0 Å². The summed E-state index contributed by atoms with van der Waals surface area (Å²) in [6, 6.07) is 13.3. The molecule has 3 atom stereocenters. The lowest BCUT2D eigenvalue weighted by Crippen LogP contribution is -2.37. The Balaban J connectivity index is 1.17. The second-order valence-corrected chi connectivity index (χ2v) is 11.1. The number of fused-ring (bicyclic) bond motifs is 1. The van der Waals surface area contributed by atoms with Gasteiger partial charge in [0.15, 0.2) is 0 Å². The quantitative estimate of drug-likeness (QED) is 0.600. The molecule has 0 radical (unpaired) electrons. The second kappa shape index (κ2) is 10.7. The van der Waals surface area contributed by atoms with Crippen molar-refractivity contribution in [2.24, 2.45) is 17.8 Å². The molecule has 0 aromatic heterocycles. The highest BCUT2D eigenvalue weighted by molar-refractivity contribution is 5.97. The summed E-state index contributed by atoms with van der Waals surface area (Å²) in [5.74, 6) is 1.06. The molecule has 2 amide bonds. The van der Waals surface area contributed by atoms with Gasteiger partial charge in [0.2, 0.25) is 5.91 Å². The third kappa shape index (κ3) is 5.34. The van der Waals surface area contributed by atoms with Crippen LogP contribution in [0.3, 0.4) is 0 Å². The molecule has 3 aliphatic rings. The molecule has 3 fully saturated rings. The summed E-state index contributed by atoms with van der Waals surface area (Å²) >= 11 is 0. The van der Waals surface area contributed by atoms with Gasteiger partial charge in [-0.2, -0.15) is 0 Å². The number of nitrogens with zero attached hydrogens (tertiary/aromatic N) is 2. The van der Waals surface area contributed by atoms with Gasteiger partial charge in [0.1, 0.15) is 5.82 Å². The number of carbonyl (C=O) groups is 2. The molecule has 2 aliphatic heterocycles. The lowest BCUT2D eigenvalue weighted by atomic mass is 10.0. The Kier molecular flexibility index (Phi) is 7.42. The zero-order chi connectivity index (χ0) is 25.2. The van der Waals surface area contributed by atoms with E-state index in [0.29, 0.717) is 28.5 Å². The first-order valence-corrected chi connectivity index (χ1v) is 13.5. The van der Waals surface area contributed by atoms with Crippen LogP contribution in [-0.4, -0.2) is 54.3 Å². The van der Waals surface area contributed by atoms with E-state index < -0.39 is 0 Å². The number of rotatable bonds is 7.